The van der Waals surface area contributed by atoms with E-state index in [1.807, 2.05) is 6.92 Å². The standard InChI is InChI=1S/C25H30F6N4O2/c1-14-5-7-16(8-6-14)35-11-17(21(35)24(26,27)28)22(37)34(13-23(3,4)25(29,30)31)12-19(36)20-15(2)9-33-10-18(20)32/h9-11,14,16H,5-8,12-13H2,1-4H3,(H-,32,36)/p+1. The molecule has 2 aliphatic rings. The van der Waals surface area contributed by atoms with Crippen LogP contribution < -0.4 is 5.73 Å². The van der Waals surface area contributed by atoms with Crippen LogP contribution in [0.25, 0.3) is 0 Å². The molecular weight excluding hydrogens is 502 g/mol. The van der Waals surface area contributed by atoms with Crippen LogP contribution in [0.1, 0.15) is 62.4 Å². The second kappa shape index (κ2) is 10.1. The smallest absolute Gasteiger partial charge is 0.397 e. The molecule has 1 saturated carbocycles. The van der Waals surface area contributed by atoms with Gasteiger partial charge in [-0.15, -0.1) is 0 Å². The molecule has 1 aromatic rings. The number of anilines is 1. The molecule has 0 radical (unpaired) electrons. The molecule has 0 unspecified atom stereocenters. The third-order valence-electron chi connectivity index (χ3n) is 7.08. The summed E-state index contributed by atoms with van der Waals surface area (Å²) in [6.07, 6.45) is -3.66. The van der Waals surface area contributed by atoms with Gasteiger partial charge in [0.1, 0.15) is 0 Å². The molecule has 6 nitrogen and oxygen atoms in total. The summed E-state index contributed by atoms with van der Waals surface area (Å²) in [6, 6.07) is -0.453. The number of ketones is 1. The number of Topliss-reactive ketones (excluding diaryl/α,β-unsaturated/α-hetero) is 1. The van der Waals surface area contributed by atoms with E-state index in [1.165, 1.54) is 19.3 Å². The minimum atomic E-state index is -4.90. The number of aromatic nitrogens is 1. The lowest BCUT2D eigenvalue weighted by Crippen LogP contribution is -2.53. The van der Waals surface area contributed by atoms with Crippen LogP contribution in [0.3, 0.4) is 0 Å². The Balaban J connectivity index is 1.96. The summed E-state index contributed by atoms with van der Waals surface area (Å²) in [7, 11) is 0. The van der Waals surface area contributed by atoms with Gasteiger partial charge in [-0.2, -0.15) is 30.9 Å². The third-order valence-corrected chi connectivity index (χ3v) is 7.08. The van der Waals surface area contributed by atoms with Crippen molar-refractivity contribution >= 4 is 23.1 Å². The van der Waals surface area contributed by atoms with E-state index in [0.717, 1.165) is 37.5 Å². The van der Waals surface area contributed by atoms with E-state index in [2.05, 4.69) is 4.98 Å². The molecule has 1 aromatic heterocycles. The Bertz CT molecular complexity index is 1110. The molecule has 0 spiro atoms. The van der Waals surface area contributed by atoms with E-state index in [0.29, 0.717) is 29.2 Å². The van der Waals surface area contributed by atoms with E-state index in [4.69, 9.17) is 5.73 Å². The van der Waals surface area contributed by atoms with Gasteiger partial charge >= 0.3 is 18.1 Å². The Morgan fingerprint density at radius 2 is 1.68 bits per heavy atom. The molecule has 12 heteroatoms. The maximum atomic E-state index is 14.1. The summed E-state index contributed by atoms with van der Waals surface area (Å²) in [4.78, 5) is 30.8. The minimum absolute atomic E-state index is 0.0434. The van der Waals surface area contributed by atoms with Crippen molar-refractivity contribution in [2.24, 2.45) is 11.3 Å². The fourth-order valence-electron chi connectivity index (χ4n) is 4.76. The van der Waals surface area contributed by atoms with Crippen LogP contribution in [0, 0.1) is 18.3 Å². The Morgan fingerprint density at radius 1 is 1.08 bits per heavy atom. The number of hydrogen-bond acceptors (Lipinski definition) is 4. The fraction of sp³-hybridized carbons (Fsp3) is 0.600. The number of nitrogens with zero attached hydrogens (tertiary/aromatic N) is 3. The summed E-state index contributed by atoms with van der Waals surface area (Å²) in [5, 5.41) is 0. The van der Waals surface area contributed by atoms with Gasteiger partial charge in [-0.3, -0.25) is 14.6 Å². The van der Waals surface area contributed by atoms with Gasteiger partial charge < -0.3 is 10.6 Å². The summed E-state index contributed by atoms with van der Waals surface area (Å²) in [5.74, 6) is -1.70. The highest BCUT2D eigenvalue weighted by Gasteiger charge is 2.57. The molecule has 204 valence electrons. The quantitative estimate of drug-likeness (QED) is 0.302. The van der Waals surface area contributed by atoms with Gasteiger partial charge in [-0.25, -0.2) is 0 Å². The number of hydrogen-bond donors (Lipinski definition) is 1. The van der Waals surface area contributed by atoms with Crippen LogP contribution in [0.5, 0.6) is 0 Å². The zero-order valence-electron chi connectivity index (χ0n) is 21.1. The molecule has 1 fully saturated rings. The van der Waals surface area contributed by atoms with Crippen molar-refractivity contribution in [2.75, 3.05) is 18.8 Å². The van der Waals surface area contributed by atoms with Crippen LogP contribution in [0.15, 0.2) is 24.2 Å². The molecule has 1 aliphatic heterocycles. The normalized spacial score (nSPS) is 20.9. The molecule has 2 heterocycles. The molecule has 1 aliphatic carbocycles. The number of pyridine rings is 1. The number of alkyl halides is 6. The van der Waals surface area contributed by atoms with Gasteiger partial charge in [0.15, 0.2) is 23.6 Å². The van der Waals surface area contributed by atoms with Crippen LogP contribution in [0.4, 0.5) is 32.0 Å². The SMILES string of the molecule is Cc1cncc(N)c1C(=O)CN(CC(C)(C)C(F)(F)F)C(=O)C1=C[N+](C2CCC(C)CC2)=C1C(F)(F)F. The molecular formula is C25H31F6N4O2+. The predicted molar refractivity (Wildman–Crippen MR) is 125 cm³/mol. The first kappa shape index (κ1) is 28.6. The lowest BCUT2D eigenvalue weighted by molar-refractivity contribution is -0.523. The van der Waals surface area contributed by atoms with Crippen LogP contribution in [-0.4, -0.2) is 63.3 Å². The van der Waals surface area contributed by atoms with Gasteiger partial charge in [0, 0.05) is 31.1 Å². The average Bonchev–Trinajstić information content (AvgIpc) is 2.71. The van der Waals surface area contributed by atoms with E-state index in [9.17, 15) is 35.9 Å². The third kappa shape index (κ3) is 5.98. The predicted octanol–water partition coefficient (Wildman–Crippen LogP) is 5.06. The minimum Gasteiger partial charge on any atom is -0.397 e. The van der Waals surface area contributed by atoms with E-state index in [-0.39, 0.29) is 11.3 Å². The molecule has 2 N–H and O–H groups in total. The van der Waals surface area contributed by atoms with Crippen LogP contribution in [0.2, 0.25) is 0 Å². The summed E-state index contributed by atoms with van der Waals surface area (Å²) >= 11 is 0. The van der Waals surface area contributed by atoms with Gasteiger partial charge in [0.05, 0.1) is 23.8 Å². The van der Waals surface area contributed by atoms with Gasteiger partial charge in [-0.05, 0) is 45.1 Å². The average molecular weight is 534 g/mol. The van der Waals surface area contributed by atoms with Crippen molar-refractivity contribution in [2.45, 2.75) is 71.8 Å². The lowest BCUT2D eigenvalue weighted by Gasteiger charge is -2.35. The Morgan fingerprint density at radius 3 is 2.19 bits per heavy atom. The summed E-state index contributed by atoms with van der Waals surface area (Å²) in [6.45, 7) is 3.27. The number of aryl methyl sites for hydroxylation is 1. The molecule has 0 saturated heterocycles. The largest absolute Gasteiger partial charge is 0.478 e. The first-order chi connectivity index (χ1) is 16.9. The molecule has 37 heavy (non-hydrogen) atoms. The van der Waals surface area contributed by atoms with E-state index in [1.54, 1.807) is 0 Å². The Hall–Kier alpha value is -2.92. The van der Waals surface area contributed by atoms with E-state index >= 15 is 0 Å². The first-order valence-electron chi connectivity index (χ1n) is 12.0. The highest BCUT2D eigenvalue weighted by Crippen LogP contribution is 2.39. The lowest BCUT2D eigenvalue weighted by atomic mass is 9.85. The Kier molecular flexibility index (Phi) is 7.81. The van der Waals surface area contributed by atoms with Crippen LogP contribution >= 0.6 is 0 Å². The van der Waals surface area contributed by atoms with Crippen LogP contribution in [-0.2, 0) is 4.79 Å². The molecule has 0 aromatic carbocycles. The number of carbonyl (C=O) groups excluding carboxylic acids is 2. The van der Waals surface area contributed by atoms with Crippen molar-refractivity contribution in [3.05, 3.63) is 35.3 Å². The van der Waals surface area contributed by atoms with Gasteiger partial charge in [-0.1, -0.05) is 6.92 Å². The molecule has 0 atom stereocenters. The van der Waals surface area contributed by atoms with Crippen molar-refractivity contribution in [1.82, 2.24) is 9.88 Å². The fourth-order valence-corrected chi connectivity index (χ4v) is 4.76. The monoisotopic (exact) mass is 533 g/mol. The van der Waals surface area contributed by atoms with Crippen molar-refractivity contribution in [1.29, 1.82) is 0 Å². The highest BCUT2D eigenvalue weighted by molar-refractivity contribution is 6.24. The number of rotatable bonds is 7. The molecule has 1 amide bonds. The number of nitrogen functional groups attached to an aromatic ring is 1. The molecule has 3 rings (SSSR count). The van der Waals surface area contributed by atoms with E-state index < -0.39 is 59.9 Å². The van der Waals surface area contributed by atoms with Crippen molar-refractivity contribution in [3.8, 4) is 0 Å². The first-order valence-corrected chi connectivity index (χ1v) is 12.0. The second-order valence-electron chi connectivity index (χ2n) is 10.6. The zero-order valence-corrected chi connectivity index (χ0v) is 21.1. The zero-order chi connectivity index (χ0) is 27.9. The maximum Gasteiger partial charge on any atom is 0.478 e. The number of nitrogens with two attached hydrogens (primary N) is 1. The molecule has 0 bridgehead atoms. The second-order valence-corrected chi connectivity index (χ2v) is 10.6. The van der Waals surface area contributed by atoms with Crippen molar-refractivity contribution in [3.63, 3.8) is 0 Å². The van der Waals surface area contributed by atoms with Gasteiger partial charge in [0.2, 0.25) is 0 Å². The Labute approximate surface area is 211 Å². The number of amides is 1. The summed E-state index contributed by atoms with van der Waals surface area (Å²) in [5.41, 5.74) is 1.63. The highest BCUT2D eigenvalue weighted by atomic mass is 19.4. The summed E-state index contributed by atoms with van der Waals surface area (Å²) < 4.78 is 84.2. The topological polar surface area (TPSA) is 79.3 Å². The number of halogens is 6. The number of carbonyl (C=O) groups is 2. The van der Waals surface area contributed by atoms with Crippen molar-refractivity contribution < 1.29 is 40.5 Å². The van der Waals surface area contributed by atoms with Gasteiger partial charge in [0.25, 0.3) is 5.91 Å². The maximum absolute atomic E-state index is 14.1.